The molecule has 2 amide bonds. The number of anilines is 1. The molecule has 0 N–H and O–H groups in total. The second-order valence-corrected chi connectivity index (χ2v) is 5.91. The molecule has 1 saturated heterocycles. The Balaban J connectivity index is 1.75. The predicted octanol–water partition coefficient (Wildman–Crippen LogP) is 2.40. The van der Waals surface area contributed by atoms with Crippen molar-refractivity contribution in [2.45, 2.75) is 13.3 Å². The van der Waals surface area contributed by atoms with E-state index >= 15 is 0 Å². The van der Waals surface area contributed by atoms with Crippen molar-refractivity contribution in [1.82, 2.24) is 0 Å². The van der Waals surface area contributed by atoms with Gasteiger partial charge in [-0.15, -0.1) is 0 Å². The molecule has 0 unspecified atom stereocenters. The topological polar surface area (TPSA) is 46.6 Å². The summed E-state index contributed by atoms with van der Waals surface area (Å²) in [6.07, 6.45) is 5.16. The van der Waals surface area contributed by atoms with Crippen LogP contribution in [0.25, 0.3) is 0 Å². The number of para-hydroxylation sites is 2. The summed E-state index contributed by atoms with van der Waals surface area (Å²) in [6.45, 7) is 2.40. The number of fused-ring (bicyclic) bond motifs is 5. The molecule has 0 aromatic heterocycles. The van der Waals surface area contributed by atoms with Crippen LogP contribution in [0.3, 0.4) is 0 Å². The fraction of sp³-hybridized carbons (Fsp3) is 0.412. The summed E-state index contributed by atoms with van der Waals surface area (Å²) in [5.74, 6) is 0.621. The summed E-state index contributed by atoms with van der Waals surface area (Å²) in [5.41, 5.74) is 0.586. The number of rotatable bonds is 3. The molecule has 4 nitrogen and oxygen atoms in total. The molecule has 1 aliphatic heterocycles. The van der Waals surface area contributed by atoms with E-state index in [-0.39, 0.29) is 35.5 Å². The summed E-state index contributed by atoms with van der Waals surface area (Å²) in [5, 5.41) is 0. The van der Waals surface area contributed by atoms with E-state index in [0.717, 1.165) is 6.42 Å². The predicted molar refractivity (Wildman–Crippen MR) is 77.8 cm³/mol. The lowest BCUT2D eigenvalue weighted by atomic mass is 9.85. The minimum absolute atomic E-state index is 0.0611. The van der Waals surface area contributed by atoms with Gasteiger partial charge in [-0.2, -0.15) is 0 Å². The highest BCUT2D eigenvalue weighted by atomic mass is 16.5. The number of imide groups is 1. The lowest BCUT2D eigenvalue weighted by Gasteiger charge is -2.20. The van der Waals surface area contributed by atoms with Gasteiger partial charge in [0.15, 0.2) is 0 Å². The lowest BCUT2D eigenvalue weighted by Crippen LogP contribution is -2.33. The van der Waals surface area contributed by atoms with Crippen LogP contribution in [0.2, 0.25) is 0 Å². The molecular formula is C17H17NO3. The minimum Gasteiger partial charge on any atom is -0.492 e. The summed E-state index contributed by atoms with van der Waals surface area (Å²) >= 11 is 0. The Kier molecular flexibility index (Phi) is 2.67. The molecule has 0 radical (unpaired) electrons. The van der Waals surface area contributed by atoms with Gasteiger partial charge in [0, 0.05) is 0 Å². The number of carbonyl (C=O) groups excluding carboxylic acids is 2. The van der Waals surface area contributed by atoms with Gasteiger partial charge in [0.2, 0.25) is 11.8 Å². The maximum atomic E-state index is 12.8. The van der Waals surface area contributed by atoms with E-state index in [1.165, 1.54) is 4.90 Å². The van der Waals surface area contributed by atoms with Crippen LogP contribution in [0.15, 0.2) is 36.4 Å². The highest BCUT2D eigenvalue weighted by Crippen LogP contribution is 2.53. The van der Waals surface area contributed by atoms with Crippen molar-refractivity contribution in [1.29, 1.82) is 0 Å². The molecule has 3 aliphatic rings. The van der Waals surface area contributed by atoms with E-state index in [2.05, 4.69) is 12.2 Å². The smallest absolute Gasteiger partial charge is 0.238 e. The van der Waals surface area contributed by atoms with Crippen molar-refractivity contribution in [3.05, 3.63) is 36.4 Å². The van der Waals surface area contributed by atoms with Gasteiger partial charge in [0.05, 0.1) is 24.1 Å². The van der Waals surface area contributed by atoms with Gasteiger partial charge >= 0.3 is 0 Å². The Hall–Kier alpha value is -2.10. The van der Waals surface area contributed by atoms with E-state index < -0.39 is 0 Å². The second-order valence-electron chi connectivity index (χ2n) is 5.91. The van der Waals surface area contributed by atoms with Crippen LogP contribution in [0.5, 0.6) is 5.75 Å². The number of benzene rings is 1. The average Bonchev–Trinajstić information content (AvgIpc) is 3.15. The Morgan fingerprint density at radius 1 is 1.10 bits per heavy atom. The third-order valence-electron chi connectivity index (χ3n) is 4.88. The monoisotopic (exact) mass is 283 g/mol. The second kappa shape index (κ2) is 4.45. The zero-order chi connectivity index (χ0) is 14.6. The molecule has 4 rings (SSSR count). The third-order valence-corrected chi connectivity index (χ3v) is 4.88. The van der Waals surface area contributed by atoms with Gasteiger partial charge < -0.3 is 4.74 Å². The van der Waals surface area contributed by atoms with Gasteiger partial charge in [-0.1, -0.05) is 24.3 Å². The van der Waals surface area contributed by atoms with Crippen molar-refractivity contribution in [2.75, 3.05) is 11.5 Å². The molecule has 21 heavy (non-hydrogen) atoms. The number of allylic oxidation sites excluding steroid dienone is 2. The van der Waals surface area contributed by atoms with Gasteiger partial charge in [0.25, 0.3) is 0 Å². The highest BCUT2D eigenvalue weighted by Gasteiger charge is 2.59. The standard InChI is InChI=1S/C17H17NO3/c1-2-21-13-6-4-3-5-12(13)18-16(19)14-10-7-8-11(9-10)15(14)17(18)20/h3-8,10-11,14-15H,2,9H2,1H3/t10-,11-,14-,15-/m1/s1. The largest absolute Gasteiger partial charge is 0.492 e. The molecule has 1 heterocycles. The summed E-state index contributed by atoms with van der Waals surface area (Å²) < 4.78 is 5.58. The number of nitrogens with zero attached hydrogens (tertiary/aromatic N) is 1. The van der Waals surface area contributed by atoms with E-state index in [1.807, 2.05) is 19.1 Å². The van der Waals surface area contributed by atoms with Gasteiger partial charge in [-0.3, -0.25) is 9.59 Å². The van der Waals surface area contributed by atoms with E-state index in [4.69, 9.17) is 4.74 Å². The fourth-order valence-electron chi connectivity index (χ4n) is 4.06. The third kappa shape index (κ3) is 1.62. The maximum Gasteiger partial charge on any atom is 0.238 e. The molecule has 4 atom stereocenters. The maximum absolute atomic E-state index is 12.8. The van der Waals surface area contributed by atoms with Crippen LogP contribution < -0.4 is 9.64 Å². The van der Waals surface area contributed by atoms with Crippen molar-refractivity contribution in [2.24, 2.45) is 23.7 Å². The normalized spacial score (nSPS) is 32.9. The Bertz CT molecular complexity index is 621. The summed E-state index contributed by atoms with van der Waals surface area (Å²) in [6, 6.07) is 7.28. The SMILES string of the molecule is CCOc1ccccc1N1C(=O)[C@H]2[C@H](C1=O)[C@@H]1C=C[C@@H]2C1. The van der Waals surface area contributed by atoms with Crippen LogP contribution in [-0.4, -0.2) is 18.4 Å². The molecule has 108 valence electrons. The Labute approximate surface area is 123 Å². The molecule has 0 spiro atoms. The van der Waals surface area contributed by atoms with Crippen LogP contribution in [0.1, 0.15) is 13.3 Å². The van der Waals surface area contributed by atoms with Crippen LogP contribution in [-0.2, 0) is 9.59 Å². The Morgan fingerprint density at radius 2 is 1.71 bits per heavy atom. The van der Waals surface area contributed by atoms with Crippen LogP contribution in [0, 0.1) is 23.7 Å². The van der Waals surface area contributed by atoms with Crippen LogP contribution in [0.4, 0.5) is 5.69 Å². The fourth-order valence-corrected chi connectivity index (χ4v) is 4.06. The van der Waals surface area contributed by atoms with Gasteiger partial charge in [-0.05, 0) is 37.3 Å². The van der Waals surface area contributed by atoms with E-state index in [9.17, 15) is 9.59 Å². The number of hydrogen-bond acceptors (Lipinski definition) is 3. The molecule has 1 saturated carbocycles. The summed E-state index contributed by atoms with van der Waals surface area (Å²) in [7, 11) is 0. The van der Waals surface area contributed by atoms with Crippen molar-refractivity contribution >= 4 is 17.5 Å². The number of ether oxygens (including phenoxy) is 1. The molecule has 2 aliphatic carbocycles. The first-order valence-electron chi connectivity index (χ1n) is 7.50. The molecule has 1 aromatic carbocycles. The zero-order valence-electron chi connectivity index (χ0n) is 11.9. The quantitative estimate of drug-likeness (QED) is 0.632. The number of amides is 2. The summed E-state index contributed by atoms with van der Waals surface area (Å²) in [4.78, 5) is 26.9. The lowest BCUT2D eigenvalue weighted by molar-refractivity contribution is -0.123. The molecule has 2 fully saturated rings. The first kappa shape index (κ1) is 12.6. The van der Waals surface area contributed by atoms with E-state index in [0.29, 0.717) is 18.0 Å². The zero-order valence-corrected chi connectivity index (χ0v) is 11.9. The molecule has 4 heteroatoms. The van der Waals surface area contributed by atoms with Gasteiger partial charge in [-0.25, -0.2) is 4.90 Å². The average molecular weight is 283 g/mol. The first-order chi connectivity index (χ1) is 10.2. The first-order valence-corrected chi connectivity index (χ1v) is 7.50. The number of carbonyl (C=O) groups is 2. The Morgan fingerprint density at radius 3 is 2.33 bits per heavy atom. The number of hydrogen-bond donors (Lipinski definition) is 0. The van der Waals surface area contributed by atoms with E-state index in [1.54, 1.807) is 12.1 Å². The molecular weight excluding hydrogens is 266 g/mol. The highest BCUT2D eigenvalue weighted by molar-refractivity contribution is 6.23. The molecule has 1 aromatic rings. The van der Waals surface area contributed by atoms with Crippen molar-refractivity contribution in [3.63, 3.8) is 0 Å². The van der Waals surface area contributed by atoms with Crippen molar-refractivity contribution < 1.29 is 14.3 Å². The molecule has 2 bridgehead atoms. The van der Waals surface area contributed by atoms with Crippen LogP contribution >= 0.6 is 0 Å². The van der Waals surface area contributed by atoms with Crippen molar-refractivity contribution in [3.8, 4) is 5.75 Å². The van der Waals surface area contributed by atoms with Gasteiger partial charge in [0.1, 0.15) is 5.75 Å². The minimum atomic E-state index is -0.165.